The second-order valence-electron chi connectivity index (χ2n) is 9.47. The number of hydrogen-bond acceptors (Lipinski definition) is 4. The number of hydrogen-bond donors (Lipinski definition) is 1. The zero-order chi connectivity index (χ0) is 24.2. The van der Waals surface area contributed by atoms with Gasteiger partial charge in [-0.25, -0.2) is 0 Å². The van der Waals surface area contributed by atoms with Crippen LogP contribution in [-0.2, 0) is 14.3 Å². The molecular formula is C29H56O4. The van der Waals surface area contributed by atoms with E-state index in [0.717, 1.165) is 19.3 Å². The third kappa shape index (κ3) is 25.6. The number of unbranched alkanes of at least 4 members (excludes halogenated alkanes) is 16. The molecule has 4 heteroatoms. The van der Waals surface area contributed by atoms with E-state index >= 15 is 0 Å². The third-order valence-electron chi connectivity index (χ3n) is 6.09. The molecule has 1 N–H and O–H groups in total. The Balaban J connectivity index is 3.47. The van der Waals surface area contributed by atoms with Crippen LogP contribution in [0.2, 0.25) is 0 Å². The lowest BCUT2D eigenvalue weighted by atomic mass is 10.1. The van der Waals surface area contributed by atoms with Crippen LogP contribution in [0.15, 0.2) is 12.2 Å². The lowest BCUT2D eigenvalue weighted by molar-refractivity contribution is -0.154. The summed E-state index contributed by atoms with van der Waals surface area (Å²) in [5.74, 6) is -0.213. The summed E-state index contributed by atoms with van der Waals surface area (Å²) in [6.07, 6.45) is 28.0. The van der Waals surface area contributed by atoms with Gasteiger partial charge in [-0.05, 0) is 32.1 Å². The third-order valence-corrected chi connectivity index (χ3v) is 6.09. The number of allylic oxidation sites excluding steroid dienone is 2. The molecule has 4 nitrogen and oxygen atoms in total. The zero-order valence-electron chi connectivity index (χ0n) is 22.2. The lowest BCUT2D eigenvalue weighted by Crippen LogP contribution is -2.27. The van der Waals surface area contributed by atoms with Gasteiger partial charge in [-0.2, -0.15) is 0 Å². The fourth-order valence-electron chi connectivity index (χ4n) is 3.89. The largest absolute Gasteiger partial charge is 0.457 e. The Kier molecular flexibility index (Phi) is 26.7. The Morgan fingerprint density at radius 2 is 1.21 bits per heavy atom. The predicted molar refractivity (Wildman–Crippen MR) is 141 cm³/mol. The molecule has 0 aliphatic carbocycles. The average Bonchev–Trinajstić information content (AvgIpc) is 2.82. The molecule has 0 amide bonds. The van der Waals surface area contributed by atoms with Gasteiger partial charge in [0.25, 0.3) is 0 Å². The van der Waals surface area contributed by atoms with Gasteiger partial charge in [-0.3, -0.25) is 4.79 Å². The summed E-state index contributed by atoms with van der Waals surface area (Å²) in [7, 11) is 0. The van der Waals surface area contributed by atoms with E-state index in [1.54, 1.807) is 0 Å². The molecule has 1 unspecified atom stereocenters. The smallest absolute Gasteiger partial charge is 0.306 e. The first-order valence-corrected chi connectivity index (χ1v) is 14.3. The summed E-state index contributed by atoms with van der Waals surface area (Å²) in [5.41, 5.74) is 0. The summed E-state index contributed by atoms with van der Waals surface area (Å²) >= 11 is 0. The van der Waals surface area contributed by atoms with Gasteiger partial charge < -0.3 is 14.6 Å². The number of carbonyl (C=O) groups excluding carboxylic acids is 1. The van der Waals surface area contributed by atoms with Gasteiger partial charge in [0.2, 0.25) is 0 Å². The first-order valence-electron chi connectivity index (χ1n) is 14.3. The fraction of sp³-hybridized carbons (Fsp3) is 0.897. The Hall–Kier alpha value is -0.870. The highest BCUT2D eigenvalue weighted by Gasteiger charge is 2.13. The van der Waals surface area contributed by atoms with Crippen molar-refractivity contribution in [2.45, 2.75) is 148 Å². The maximum Gasteiger partial charge on any atom is 0.306 e. The summed E-state index contributed by atoms with van der Waals surface area (Å²) in [6, 6.07) is 0. The highest BCUT2D eigenvalue weighted by atomic mass is 16.6. The molecule has 0 bridgehead atoms. The van der Waals surface area contributed by atoms with E-state index in [-0.39, 0.29) is 12.6 Å². The van der Waals surface area contributed by atoms with E-state index in [4.69, 9.17) is 9.47 Å². The lowest BCUT2D eigenvalue weighted by Gasteiger charge is -2.15. The fourth-order valence-corrected chi connectivity index (χ4v) is 3.89. The highest BCUT2D eigenvalue weighted by Crippen LogP contribution is 2.11. The van der Waals surface area contributed by atoms with Crippen molar-refractivity contribution < 1.29 is 19.4 Å². The van der Waals surface area contributed by atoms with Crippen molar-refractivity contribution in [1.29, 1.82) is 0 Å². The van der Waals surface area contributed by atoms with Gasteiger partial charge in [0.15, 0.2) is 0 Å². The van der Waals surface area contributed by atoms with E-state index < -0.39 is 6.10 Å². The van der Waals surface area contributed by atoms with Crippen LogP contribution in [0.4, 0.5) is 0 Å². The van der Waals surface area contributed by atoms with Crippen LogP contribution in [0.1, 0.15) is 142 Å². The topological polar surface area (TPSA) is 55.8 Å². The molecular weight excluding hydrogens is 412 g/mol. The number of aliphatic hydroxyl groups excluding tert-OH is 1. The predicted octanol–water partition coefficient (Wildman–Crippen LogP) is 8.31. The van der Waals surface area contributed by atoms with Crippen LogP contribution in [-0.4, -0.2) is 37.0 Å². The van der Waals surface area contributed by atoms with Crippen molar-refractivity contribution in [2.75, 3.05) is 19.8 Å². The summed E-state index contributed by atoms with van der Waals surface area (Å²) in [4.78, 5) is 12.0. The molecule has 0 radical (unpaired) electrons. The molecule has 196 valence electrons. The van der Waals surface area contributed by atoms with Crippen molar-refractivity contribution in [3.05, 3.63) is 12.2 Å². The van der Waals surface area contributed by atoms with Crippen molar-refractivity contribution in [2.24, 2.45) is 0 Å². The zero-order valence-corrected chi connectivity index (χ0v) is 22.2. The van der Waals surface area contributed by atoms with Gasteiger partial charge >= 0.3 is 5.97 Å². The van der Waals surface area contributed by atoms with Crippen LogP contribution < -0.4 is 0 Å². The molecule has 0 aromatic carbocycles. The Bertz CT molecular complexity index is 422. The average molecular weight is 469 g/mol. The summed E-state index contributed by atoms with van der Waals surface area (Å²) in [5, 5.41) is 9.45. The van der Waals surface area contributed by atoms with E-state index in [2.05, 4.69) is 26.0 Å². The van der Waals surface area contributed by atoms with Crippen molar-refractivity contribution in [3.63, 3.8) is 0 Å². The van der Waals surface area contributed by atoms with E-state index in [1.165, 1.54) is 103 Å². The molecule has 33 heavy (non-hydrogen) atoms. The molecule has 0 aromatic heterocycles. The normalized spacial score (nSPS) is 12.5. The van der Waals surface area contributed by atoms with Crippen LogP contribution in [0.5, 0.6) is 0 Å². The Morgan fingerprint density at radius 1 is 0.697 bits per heavy atom. The molecule has 0 aliphatic rings. The molecule has 0 rings (SSSR count). The van der Waals surface area contributed by atoms with Crippen molar-refractivity contribution in [1.82, 2.24) is 0 Å². The molecule has 0 spiro atoms. The van der Waals surface area contributed by atoms with Crippen LogP contribution in [0, 0.1) is 0 Å². The molecule has 1 atom stereocenters. The molecule has 0 heterocycles. The van der Waals surface area contributed by atoms with Gasteiger partial charge in [0.05, 0.1) is 13.2 Å². The van der Waals surface area contributed by atoms with Crippen LogP contribution in [0.25, 0.3) is 0 Å². The van der Waals surface area contributed by atoms with E-state index in [0.29, 0.717) is 19.6 Å². The molecule has 0 saturated carbocycles. The second-order valence-corrected chi connectivity index (χ2v) is 9.47. The number of rotatable bonds is 26. The van der Waals surface area contributed by atoms with Crippen molar-refractivity contribution >= 4 is 5.97 Å². The molecule has 0 saturated heterocycles. The van der Waals surface area contributed by atoms with Gasteiger partial charge in [-0.1, -0.05) is 116 Å². The maximum atomic E-state index is 12.0. The van der Waals surface area contributed by atoms with Crippen molar-refractivity contribution in [3.8, 4) is 0 Å². The van der Waals surface area contributed by atoms with Crippen LogP contribution >= 0.6 is 0 Å². The minimum absolute atomic E-state index is 0.171. The number of esters is 1. The van der Waals surface area contributed by atoms with E-state index in [1.807, 2.05) is 0 Å². The number of aliphatic hydroxyl groups is 1. The SMILES string of the molecule is CCCC/C=C\CCCCCCCC(=O)OC(CO)COCCCCCCCCCCCC. The minimum atomic E-state index is -0.528. The second kappa shape index (κ2) is 27.4. The van der Waals surface area contributed by atoms with Gasteiger partial charge in [0, 0.05) is 13.0 Å². The van der Waals surface area contributed by atoms with Gasteiger partial charge in [0.1, 0.15) is 6.10 Å². The number of ether oxygens (including phenoxy) is 2. The molecule has 0 fully saturated rings. The van der Waals surface area contributed by atoms with E-state index in [9.17, 15) is 9.90 Å². The molecule has 0 aliphatic heterocycles. The standard InChI is InChI=1S/C29H56O4/c1-3-5-7-9-11-13-15-16-18-20-22-24-29(31)33-28(26-30)27-32-25-23-21-19-17-14-12-10-8-6-4-2/h9,11,28,30H,3-8,10,12-27H2,1-2H3/b11-9-. The first-order chi connectivity index (χ1) is 16.2. The summed E-state index contributed by atoms with van der Waals surface area (Å²) in [6.45, 7) is 5.29. The monoisotopic (exact) mass is 468 g/mol. The minimum Gasteiger partial charge on any atom is -0.457 e. The Labute approximate surface area is 205 Å². The quantitative estimate of drug-likeness (QED) is 0.0787. The maximum absolute atomic E-state index is 12.0. The highest BCUT2D eigenvalue weighted by molar-refractivity contribution is 5.69. The number of carbonyl (C=O) groups is 1. The first kappa shape index (κ1) is 32.1. The summed E-state index contributed by atoms with van der Waals surface area (Å²) < 4.78 is 11.0. The van der Waals surface area contributed by atoms with Crippen LogP contribution in [0.3, 0.4) is 0 Å². The molecule has 0 aromatic rings. The van der Waals surface area contributed by atoms with Gasteiger partial charge in [-0.15, -0.1) is 0 Å². The Morgan fingerprint density at radius 3 is 1.82 bits per heavy atom.